The van der Waals surface area contributed by atoms with Crippen molar-refractivity contribution < 1.29 is 14.3 Å². The van der Waals surface area contributed by atoms with Gasteiger partial charge in [-0.3, -0.25) is 4.79 Å². The Hall–Kier alpha value is -1.26. The summed E-state index contributed by atoms with van der Waals surface area (Å²) in [5.41, 5.74) is 0.267. The van der Waals surface area contributed by atoms with Crippen LogP contribution in [0.2, 0.25) is 10.0 Å². The molecule has 18 heavy (non-hydrogen) atoms. The molecule has 1 aromatic rings. The van der Waals surface area contributed by atoms with E-state index in [1.807, 2.05) is 0 Å². The highest BCUT2D eigenvalue weighted by Gasteiger charge is 2.23. The Morgan fingerprint density at radius 2 is 2.00 bits per heavy atom. The highest BCUT2D eigenvalue weighted by Crippen LogP contribution is 2.23. The van der Waals surface area contributed by atoms with Crippen LogP contribution in [0.4, 0.5) is 0 Å². The van der Waals surface area contributed by atoms with E-state index in [0.717, 1.165) is 12.8 Å². The lowest BCUT2D eigenvalue weighted by atomic mass is 10.2. The van der Waals surface area contributed by atoms with E-state index in [2.05, 4.69) is 5.32 Å². The average Bonchev–Trinajstić information content (AvgIpc) is 3.13. The van der Waals surface area contributed by atoms with Crippen LogP contribution in [0.3, 0.4) is 0 Å². The zero-order valence-electron chi connectivity index (χ0n) is 9.41. The molecule has 0 heterocycles. The van der Waals surface area contributed by atoms with Crippen LogP contribution in [-0.4, -0.2) is 24.5 Å². The molecule has 1 amide bonds. The number of nitrogens with one attached hydrogen (secondary N) is 1. The summed E-state index contributed by atoms with van der Waals surface area (Å²) in [6, 6.07) is 4.66. The molecule has 4 nitrogen and oxygen atoms in total. The van der Waals surface area contributed by atoms with Gasteiger partial charge in [0, 0.05) is 6.04 Å². The van der Waals surface area contributed by atoms with Crippen LogP contribution < -0.4 is 5.32 Å². The van der Waals surface area contributed by atoms with Crippen molar-refractivity contribution in [3.63, 3.8) is 0 Å². The number of benzene rings is 1. The molecule has 1 aromatic carbocycles. The Bertz CT molecular complexity index is 486. The molecule has 0 atom stereocenters. The Labute approximate surface area is 114 Å². The molecule has 0 aromatic heterocycles. The van der Waals surface area contributed by atoms with Gasteiger partial charge in [0.15, 0.2) is 6.61 Å². The number of amides is 1. The second-order valence-electron chi connectivity index (χ2n) is 4.05. The first kappa shape index (κ1) is 13.2. The fraction of sp³-hybridized carbons (Fsp3) is 0.333. The Morgan fingerprint density at radius 3 is 2.61 bits per heavy atom. The van der Waals surface area contributed by atoms with Crippen LogP contribution in [0.5, 0.6) is 0 Å². The van der Waals surface area contributed by atoms with Crippen LogP contribution in [0.25, 0.3) is 0 Å². The molecule has 96 valence electrons. The summed E-state index contributed by atoms with van der Waals surface area (Å²) in [7, 11) is 0. The minimum Gasteiger partial charge on any atom is -0.452 e. The highest BCUT2D eigenvalue weighted by molar-refractivity contribution is 6.42. The van der Waals surface area contributed by atoms with Gasteiger partial charge >= 0.3 is 5.97 Å². The SMILES string of the molecule is O=C(COC(=O)c1ccc(Cl)c(Cl)c1)NC1CC1. The van der Waals surface area contributed by atoms with E-state index in [0.29, 0.717) is 5.02 Å². The van der Waals surface area contributed by atoms with Gasteiger partial charge in [0.25, 0.3) is 5.91 Å². The number of halogens is 2. The van der Waals surface area contributed by atoms with Crippen LogP contribution in [0.15, 0.2) is 18.2 Å². The van der Waals surface area contributed by atoms with Crippen molar-refractivity contribution in [3.05, 3.63) is 33.8 Å². The largest absolute Gasteiger partial charge is 0.452 e. The fourth-order valence-corrected chi connectivity index (χ4v) is 1.63. The molecule has 1 fully saturated rings. The third-order valence-corrected chi connectivity index (χ3v) is 3.17. The van der Waals surface area contributed by atoms with Crippen LogP contribution in [-0.2, 0) is 9.53 Å². The van der Waals surface area contributed by atoms with E-state index in [1.165, 1.54) is 18.2 Å². The van der Waals surface area contributed by atoms with Crippen molar-refractivity contribution in [2.24, 2.45) is 0 Å². The number of ether oxygens (including phenoxy) is 1. The minimum absolute atomic E-state index is 0.251. The number of esters is 1. The predicted molar refractivity (Wildman–Crippen MR) is 67.9 cm³/mol. The summed E-state index contributed by atoms with van der Waals surface area (Å²) in [5.74, 6) is -0.884. The van der Waals surface area contributed by atoms with Gasteiger partial charge in [0.05, 0.1) is 15.6 Å². The lowest BCUT2D eigenvalue weighted by Crippen LogP contribution is -2.30. The van der Waals surface area contributed by atoms with Gasteiger partial charge in [-0.15, -0.1) is 0 Å². The van der Waals surface area contributed by atoms with Gasteiger partial charge in [-0.1, -0.05) is 23.2 Å². The lowest BCUT2D eigenvalue weighted by Gasteiger charge is -2.06. The molecule has 1 aliphatic rings. The summed E-state index contributed by atoms with van der Waals surface area (Å²) in [4.78, 5) is 22.9. The van der Waals surface area contributed by atoms with Crippen molar-refractivity contribution in [1.82, 2.24) is 5.32 Å². The van der Waals surface area contributed by atoms with Gasteiger partial charge in [0.2, 0.25) is 0 Å². The fourth-order valence-electron chi connectivity index (χ4n) is 1.33. The topological polar surface area (TPSA) is 55.4 Å². The summed E-state index contributed by atoms with van der Waals surface area (Å²) < 4.78 is 4.86. The summed E-state index contributed by atoms with van der Waals surface area (Å²) >= 11 is 11.5. The zero-order valence-corrected chi connectivity index (χ0v) is 10.9. The van der Waals surface area contributed by atoms with E-state index >= 15 is 0 Å². The zero-order chi connectivity index (χ0) is 13.1. The van der Waals surface area contributed by atoms with Crippen LogP contribution in [0.1, 0.15) is 23.2 Å². The maximum Gasteiger partial charge on any atom is 0.338 e. The number of rotatable bonds is 4. The summed E-state index contributed by atoms with van der Waals surface area (Å²) in [5, 5.41) is 3.35. The normalized spacial score (nSPS) is 14.1. The summed E-state index contributed by atoms with van der Waals surface area (Å²) in [6.45, 7) is -0.282. The molecule has 2 rings (SSSR count). The van der Waals surface area contributed by atoms with E-state index in [1.54, 1.807) is 0 Å². The molecular formula is C12H11Cl2NO3. The lowest BCUT2D eigenvalue weighted by molar-refractivity contribution is -0.124. The molecule has 0 unspecified atom stereocenters. The summed E-state index contributed by atoms with van der Waals surface area (Å²) in [6.07, 6.45) is 1.99. The second kappa shape index (κ2) is 5.59. The van der Waals surface area contributed by atoms with E-state index < -0.39 is 5.97 Å². The van der Waals surface area contributed by atoms with Crippen molar-refractivity contribution in [1.29, 1.82) is 0 Å². The van der Waals surface area contributed by atoms with Crippen molar-refractivity contribution in [2.45, 2.75) is 18.9 Å². The molecule has 1 aliphatic carbocycles. The van der Waals surface area contributed by atoms with Gasteiger partial charge in [-0.2, -0.15) is 0 Å². The first-order valence-electron chi connectivity index (χ1n) is 5.48. The van der Waals surface area contributed by atoms with Gasteiger partial charge in [0.1, 0.15) is 0 Å². The Kier molecular flexibility index (Phi) is 4.09. The minimum atomic E-state index is -0.598. The molecule has 0 aliphatic heterocycles. The maximum absolute atomic E-state index is 11.6. The molecule has 1 N–H and O–H groups in total. The third-order valence-electron chi connectivity index (χ3n) is 2.43. The molecule has 0 spiro atoms. The highest BCUT2D eigenvalue weighted by atomic mass is 35.5. The molecule has 0 saturated heterocycles. The van der Waals surface area contributed by atoms with Crippen molar-refractivity contribution >= 4 is 35.1 Å². The van der Waals surface area contributed by atoms with Crippen LogP contribution >= 0.6 is 23.2 Å². The Balaban J connectivity index is 1.86. The molecule has 6 heteroatoms. The average molecular weight is 288 g/mol. The number of carbonyl (C=O) groups is 2. The van der Waals surface area contributed by atoms with Crippen LogP contribution in [0, 0.1) is 0 Å². The molecule has 0 bridgehead atoms. The van der Waals surface area contributed by atoms with Gasteiger partial charge in [-0.05, 0) is 31.0 Å². The van der Waals surface area contributed by atoms with E-state index in [9.17, 15) is 9.59 Å². The number of hydrogen-bond acceptors (Lipinski definition) is 3. The van der Waals surface area contributed by atoms with Crippen molar-refractivity contribution in [2.75, 3.05) is 6.61 Å². The maximum atomic E-state index is 11.6. The first-order valence-corrected chi connectivity index (χ1v) is 6.23. The van der Waals surface area contributed by atoms with Gasteiger partial charge in [-0.25, -0.2) is 4.79 Å². The third kappa shape index (κ3) is 3.62. The van der Waals surface area contributed by atoms with Crippen molar-refractivity contribution in [3.8, 4) is 0 Å². The predicted octanol–water partition coefficient (Wildman–Crippen LogP) is 2.43. The first-order chi connectivity index (χ1) is 8.56. The molecule has 1 saturated carbocycles. The Morgan fingerprint density at radius 1 is 1.28 bits per heavy atom. The van der Waals surface area contributed by atoms with E-state index in [4.69, 9.17) is 27.9 Å². The number of hydrogen-bond donors (Lipinski definition) is 1. The quantitative estimate of drug-likeness (QED) is 0.866. The standard InChI is InChI=1S/C12H11Cl2NO3/c13-9-4-1-7(5-10(9)14)12(17)18-6-11(16)15-8-2-3-8/h1,4-5,8H,2-3,6H2,(H,15,16). The number of carbonyl (C=O) groups excluding carboxylic acids is 2. The second-order valence-corrected chi connectivity index (χ2v) is 4.86. The van der Waals surface area contributed by atoms with Gasteiger partial charge < -0.3 is 10.1 Å². The van der Waals surface area contributed by atoms with E-state index in [-0.39, 0.29) is 29.1 Å². The smallest absolute Gasteiger partial charge is 0.338 e. The molecule has 0 radical (unpaired) electrons. The monoisotopic (exact) mass is 287 g/mol. The molecular weight excluding hydrogens is 277 g/mol.